The van der Waals surface area contributed by atoms with Crippen LogP contribution in [0.3, 0.4) is 0 Å². The largest absolute Gasteiger partial charge is 0.279 e. The Morgan fingerprint density at radius 2 is 1.42 bits per heavy atom. The summed E-state index contributed by atoms with van der Waals surface area (Å²) in [6.07, 6.45) is 0.935. The Morgan fingerprint density at radius 1 is 0.808 bits per heavy atom. The molecule has 3 aromatic carbocycles. The van der Waals surface area contributed by atoms with Crippen molar-refractivity contribution in [2.24, 2.45) is 5.92 Å². The summed E-state index contributed by atoms with van der Waals surface area (Å²) in [6.45, 7) is 4.29. The van der Waals surface area contributed by atoms with Crippen LogP contribution in [-0.4, -0.2) is 8.42 Å². The minimum Gasteiger partial charge on any atom is -0.279 e. The van der Waals surface area contributed by atoms with Crippen LogP contribution < -0.4 is 4.72 Å². The van der Waals surface area contributed by atoms with Crippen LogP contribution in [0.4, 0.5) is 5.69 Å². The van der Waals surface area contributed by atoms with Gasteiger partial charge in [-0.3, -0.25) is 4.72 Å². The van der Waals surface area contributed by atoms with Gasteiger partial charge in [-0.15, -0.1) is 0 Å². The van der Waals surface area contributed by atoms with Crippen molar-refractivity contribution in [3.63, 3.8) is 0 Å². The van der Waals surface area contributed by atoms with Crippen molar-refractivity contribution >= 4 is 15.7 Å². The average Bonchev–Trinajstić information content (AvgIpc) is 2.62. The van der Waals surface area contributed by atoms with Crippen molar-refractivity contribution in [3.8, 4) is 11.1 Å². The summed E-state index contributed by atoms with van der Waals surface area (Å²) < 4.78 is 28.3. The topological polar surface area (TPSA) is 46.2 Å². The Balaban J connectivity index is 1.89. The number of rotatable bonds is 6. The molecule has 0 bridgehead atoms. The molecule has 0 fully saturated rings. The first-order valence-electron chi connectivity index (χ1n) is 8.72. The van der Waals surface area contributed by atoms with E-state index in [1.807, 2.05) is 60.7 Å². The maximum absolute atomic E-state index is 12.8. The number of anilines is 1. The number of nitrogens with one attached hydrogen (secondary N) is 1. The maximum atomic E-state index is 12.8. The van der Waals surface area contributed by atoms with Crippen LogP contribution in [0.5, 0.6) is 0 Å². The molecular weight excluding hydrogens is 342 g/mol. The molecule has 0 spiro atoms. The van der Waals surface area contributed by atoms with E-state index in [9.17, 15) is 8.42 Å². The number of benzene rings is 3. The van der Waals surface area contributed by atoms with Gasteiger partial charge in [0.15, 0.2) is 0 Å². The van der Waals surface area contributed by atoms with Crippen molar-refractivity contribution in [2.75, 3.05) is 4.72 Å². The van der Waals surface area contributed by atoms with E-state index in [1.54, 1.807) is 18.2 Å². The van der Waals surface area contributed by atoms with E-state index in [4.69, 9.17) is 0 Å². The molecule has 0 aromatic heterocycles. The predicted octanol–water partition coefficient (Wildman–Crippen LogP) is 5.35. The van der Waals surface area contributed by atoms with E-state index < -0.39 is 10.0 Å². The molecular formula is C22H23NO2S. The lowest BCUT2D eigenvalue weighted by Crippen LogP contribution is -2.13. The van der Waals surface area contributed by atoms with Crippen molar-refractivity contribution in [2.45, 2.75) is 25.2 Å². The molecule has 3 nitrogen and oxygen atoms in total. The summed E-state index contributed by atoms with van der Waals surface area (Å²) in [5.74, 6) is 0.535. The lowest BCUT2D eigenvalue weighted by molar-refractivity contribution is 0.601. The zero-order valence-corrected chi connectivity index (χ0v) is 15.8. The molecule has 0 atom stereocenters. The molecule has 0 radical (unpaired) electrons. The number of hydrogen-bond donors (Lipinski definition) is 1. The molecule has 134 valence electrons. The van der Waals surface area contributed by atoms with Crippen LogP contribution >= 0.6 is 0 Å². The standard InChI is InChI=1S/C22H23NO2S/c1-17(2)16-18-12-14-20(15-13-18)26(24,25)23-22-11-7-6-10-21(22)19-8-4-3-5-9-19/h3-15,17,23H,16H2,1-2H3. The third-order valence-electron chi connectivity index (χ3n) is 4.13. The normalized spacial score (nSPS) is 11.5. The van der Waals surface area contributed by atoms with Crippen molar-refractivity contribution < 1.29 is 8.42 Å². The molecule has 0 amide bonds. The third kappa shape index (κ3) is 4.33. The fourth-order valence-corrected chi connectivity index (χ4v) is 4.00. The van der Waals surface area contributed by atoms with Gasteiger partial charge in [0.2, 0.25) is 0 Å². The van der Waals surface area contributed by atoms with Crippen LogP contribution in [0.1, 0.15) is 19.4 Å². The molecule has 0 saturated heterocycles. The molecule has 0 heterocycles. The fourth-order valence-electron chi connectivity index (χ4n) is 2.92. The van der Waals surface area contributed by atoms with E-state index >= 15 is 0 Å². The molecule has 1 N–H and O–H groups in total. The lowest BCUT2D eigenvalue weighted by atomic mass is 10.0. The second kappa shape index (κ2) is 7.75. The maximum Gasteiger partial charge on any atom is 0.261 e. The molecule has 0 saturated carbocycles. The van der Waals surface area contributed by atoms with Gasteiger partial charge in [0.05, 0.1) is 10.6 Å². The molecule has 0 aliphatic rings. The Bertz CT molecular complexity index is 963. The summed E-state index contributed by atoms with van der Waals surface area (Å²) in [4.78, 5) is 0.271. The molecule has 26 heavy (non-hydrogen) atoms. The van der Waals surface area contributed by atoms with Crippen molar-refractivity contribution in [1.82, 2.24) is 0 Å². The monoisotopic (exact) mass is 365 g/mol. The second-order valence-corrected chi connectivity index (χ2v) is 8.44. The molecule has 0 aliphatic carbocycles. The zero-order chi connectivity index (χ0) is 18.6. The minimum atomic E-state index is -3.64. The van der Waals surface area contributed by atoms with Gasteiger partial charge in [0.1, 0.15) is 0 Å². The van der Waals surface area contributed by atoms with Gasteiger partial charge < -0.3 is 0 Å². The van der Waals surface area contributed by atoms with E-state index in [0.717, 1.165) is 23.1 Å². The molecule has 3 aromatic rings. The summed E-state index contributed by atoms with van der Waals surface area (Å²) in [7, 11) is -3.64. The Kier molecular flexibility index (Phi) is 5.43. The third-order valence-corrected chi connectivity index (χ3v) is 5.52. The smallest absolute Gasteiger partial charge is 0.261 e. The molecule has 0 unspecified atom stereocenters. The van der Waals surface area contributed by atoms with Gasteiger partial charge in [-0.1, -0.05) is 74.5 Å². The van der Waals surface area contributed by atoms with Crippen LogP contribution in [0, 0.1) is 5.92 Å². The SMILES string of the molecule is CC(C)Cc1ccc(S(=O)(=O)Nc2ccccc2-c2ccccc2)cc1. The highest BCUT2D eigenvalue weighted by molar-refractivity contribution is 7.92. The van der Waals surface area contributed by atoms with Crippen molar-refractivity contribution in [1.29, 1.82) is 0 Å². The van der Waals surface area contributed by atoms with E-state index in [-0.39, 0.29) is 4.90 Å². The van der Waals surface area contributed by atoms with Crippen LogP contribution in [-0.2, 0) is 16.4 Å². The summed E-state index contributed by atoms with van der Waals surface area (Å²) >= 11 is 0. The summed E-state index contributed by atoms with van der Waals surface area (Å²) in [5, 5.41) is 0. The first-order chi connectivity index (χ1) is 12.5. The molecule has 3 rings (SSSR count). The number of para-hydroxylation sites is 1. The minimum absolute atomic E-state index is 0.271. The van der Waals surface area contributed by atoms with Gasteiger partial charge >= 0.3 is 0 Å². The van der Waals surface area contributed by atoms with E-state index in [2.05, 4.69) is 18.6 Å². The Morgan fingerprint density at radius 3 is 2.08 bits per heavy atom. The van der Waals surface area contributed by atoms with Gasteiger partial charge in [0.25, 0.3) is 10.0 Å². The highest BCUT2D eigenvalue weighted by atomic mass is 32.2. The summed E-state index contributed by atoms with van der Waals surface area (Å²) in [5.41, 5.74) is 3.54. The predicted molar refractivity (Wildman–Crippen MR) is 108 cm³/mol. The van der Waals surface area contributed by atoms with E-state index in [1.165, 1.54) is 0 Å². The highest BCUT2D eigenvalue weighted by Gasteiger charge is 2.16. The second-order valence-electron chi connectivity index (χ2n) is 6.76. The first-order valence-corrected chi connectivity index (χ1v) is 10.2. The van der Waals surface area contributed by atoms with Gasteiger partial charge in [-0.2, -0.15) is 0 Å². The average molecular weight is 365 g/mol. The van der Waals surface area contributed by atoms with Gasteiger partial charge in [0, 0.05) is 5.56 Å². The molecule has 4 heteroatoms. The van der Waals surface area contributed by atoms with E-state index in [0.29, 0.717) is 11.6 Å². The van der Waals surface area contributed by atoms with Crippen LogP contribution in [0.2, 0.25) is 0 Å². The fraction of sp³-hybridized carbons (Fsp3) is 0.182. The number of hydrogen-bond acceptors (Lipinski definition) is 2. The number of sulfonamides is 1. The van der Waals surface area contributed by atoms with Crippen molar-refractivity contribution in [3.05, 3.63) is 84.4 Å². The quantitative estimate of drug-likeness (QED) is 0.640. The Labute approximate surface area is 155 Å². The highest BCUT2D eigenvalue weighted by Crippen LogP contribution is 2.29. The van der Waals surface area contributed by atoms with Gasteiger partial charge in [-0.25, -0.2) is 8.42 Å². The molecule has 0 aliphatic heterocycles. The van der Waals surface area contributed by atoms with Gasteiger partial charge in [-0.05, 0) is 41.7 Å². The Hall–Kier alpha value is -2.59. The summed E-state index contributed by atoms with van der Waals surface area (Å²) in [6, 6.07) is 24.3. The lowest BCUT2D eigenvalue weighted by Gasteiger charge is -2.13. The zero-order valence-electron chi connectivity index (χ0n) is 15.0. The van der Waals surface area contributed by atoms with Crippen LogP contribution in [0.25, 0.3) is 11.1 Å². The van der Waals surface area contributed by atoms with Crippen LogP contribution in [0.15, 0.2) is 83.8 Å². The first kappa shape index (κ1) is 18.2.